The van der Waals surface area contributed by atoms with Gasteiger partial charge in [0.15, 0.2) is 0 Å². The number of rotatable bonds is 5. The highest BCUT2D eigenvalue weighted by Gasteiger charge is 2.03. The van der Waals surface area contributed by atoms with E-state index in [1.807, 2.05) is 4.98 Å². The molecular weight excluding hydrogens is 229 g/mol. The number of halogens is 1. The molecule has 0 aliphatic rings. The molecule has 0 radical (unpaired) electrons. The first-order valence-corrected chi connectivity index (χ1v) is 5.24. The number of amides is 1. The highest BCUT2D eigenvalue weighted by Crippen LogP contribution is 1.97. The SMILES string of the molecule is CNC(=O)CCCCn1cc(F)c(=O)[nH]c1=O. The normalized spacial score (nSPS) is 10.2. The molecule has 94 valence electrons. The average molecular weight is 243 g/mol. The number of aromatic amines is 1. The first kappa shape index (κ1) is 13.1. The first-order chi connectivity index (χ1) is 8.04. The fraction of sp³-hybridized carbons (Fsp3) is 0.500. The van der Waals surface area contributed by atoms with E-state index in [0.29, 0.717) is 19.3 Å². The lowest BCUT2D eigenvalue weighted by Gasteiger charge is -2.04. The Kier molecular flexibility index (Phi) is 4.62. The van der Waals surface area contributed by atoms with Gasteiger partial charge in [0, 0.05) is 20.0 Å². The molecule has 6 nitrogen and oxygen atoms in total. The van der Waals surface area contributed by atoms with Crippen LogP contribution in [-0.2, 0) is 11.3 Å². The molecule has 1 aromatic rings. The second-order valence-electron chi connectivity index (χ2n) is 3.56. The van der Waals surface area contributed by atoms with Crippen molar-refractivity contribution in [3.63, 3.8) is 0 Å². The van der Waals surface area contributed by atoms with Gasteiger partial charge < -0.3 is 5.32 Å². The monoisotopic (exact) mass is 243 g/mol. The predicted octanol–water partition coefficient (Wildman–Crippen LogP) is -0.408. The Bertz CT molecular complexity index is 506. The Morgan fingerprint density at radius 1 is 1.47 bits per heavy atom. The summed E-state index contributed by atoms with van der Waals surface area (Å²) < 4.78 is 14.0. The van der Waals surface area contributed by atoms with Crippen LogP contribution in [0.5, 0.6) is 0 Å². The fourth-order valence-electron chi connectivity index (χ4n) is 1.34. The van der Waals surface area contributed by atoms with Crippen molar-refractivity contribution in [2.75, 3.05) is 7.05 Å². The van der Waals surface area contributed by atoms with Crippen LogP contribution in [0.4, 0.5) is 4.39 Å². The van der Waals surface area contributed by atoms with Crippen LogP contribution >= 0.6 is 0 Å². The van der Waals surface area contributed by atoms with Gasteiger partial charge in [-0.3, -0.25) is 19.1 Å². The first-order valence-electron chi connectivity index (χ1n) is 5.24. The summed E-state index contributed by atoms with van der Waals surface area (Å²) in [6.07, 6.45) is 2.38. The van der Waals surface area contributed by atoms with Crippen molar-refractivity contribution >= 4 is 5.91 Å². The van der Waals surface area contributed by atoms with Crippen molar-refractivity contribution in [2.45, 2.75) is 25.8 Å². The molecule has 1 heterocycles. The molecule has 0 aliphatic heterocycles. The largest absolute Gasteiger partial charge is 0.359 e. The van der Waals surface area contributed by atoms with Crippen LogP contribution in [-0.4, -0.2) is 22.5 Å². The van der Waals surface area contributed by atoms with Gasteiger partial charge in [0.25, 0.3) is 5.56 Å². The van der Waals surface area contributed by atoms with Gasteiger partial charge >= 0.3 is 5.69 Å². The third kappa shape index (κ3) is 3.86. The molecule has 1 aromatic heterocycles. The molecule has 0 aliphatic carbocycles. The summed E-state index contributed by atoms with van der Waals surface area (Å²) in [4.78, 5) is 34.8. The minimum atomic E-state index is -1.02. The summed E-state index contributed by atoms with van der Waals surface area (Å²) in [6, 6.07) is 0. The number of hydrogen-bond acceptors (Lipinski definition) is 3. The highest BCUT2D eigenvalue weighted by molar-refractivity contribution is 5.75. The van der Waals surface area contributed by atoms with E-state index in [2.05, 4.69) is 5.32 Å². The van der Waals surface area contributed by atoms with Gasteiger partial charge in [-0.05, 0) is 12.8 Å². The van der Waals surface area contributed by atoms with Crippen molar-refractivity contribution in [1.82, 2.24) is 14.9 Å². The van der Waals surface area contributed by atoms with Crippen molar-refractivity contribution in [2.24, 2.45) is 0 Å². The number of unbranched alkanes of at least 4 members (excludes halogenated alkanes) is 1. The van der Waals surface area contributed by atoms with Gasteiger partial charge in [0.1, 0.15) is 0 Å². The number of carbonyl (C=O) groups excluding carboxylic acids is 1. The Morgan fingerprint density at radius 3 is 2.82 bits per heavy atom. The zero-order valence-electron chi connectivity index (χ0n) is 9.46. The third-order valence-corrected chi connectivity index (χ3v) is 2.30. The second kappa shape index (κ2) is 5.97. The van der Waals surface area contributed by atoms with Gasteiger partial charge in [0.05, 0.1) is 6.20 Å². The molecule has 0 atom stereocenters. The number of hydrogen-bond donors (Lipinski definition) is 2. The van der Waals surface area contributed by atoms with Gasteiger partial charge in [-0.25, -0.2) is 4.79 Å². The lowest BCUT2D eigenvalue weighted by atomic mass is 10.2. The molecule has 2 N–H and O–H groups in total. The highest BCUT2D eigenvalue weighted by atomic mass is 19.1. The summed E-state index contributed by atoms with van der Waals surface area (Å²) >= 11 is 0. The molecule has 0 saturated heterocycles. The maximum absolute atomic E-state index is 12.9. The van der Waals surface area contributed by atoms with Gasteiger partial charge in [-0.1, -0.05) is 0 Å². The van der Waals surface area contributed by atoms with Crippen LogP contribution in [0.3, 0.4) is 0 Å². The molecule has 1 amide bonds. The fourth-order valence-corrected chi connectivity index (χ4v) is 1.34. The molecule has 0 spiro atoms. The summed E-state index contributed by atoms with van der Waals surface area (Å²) in [5.41, 5.74) is -1.66. The molecule has 0 aromatic carbocycles. The van der Waals surface area contributed by atoms with Gasteiger partial charge in [-0.2, -0.15) is 4.39 Å². The van der Waals surface area contributed by atoms with Crippen molar-refractivity contribution < 1.29 is 9.18 Å². The predicted molar refractivity (Wildman–Crippen MR) is 59.2 cm³/mol. The Hall–Kier alpha value is -1.92. The minimum Gasteiger partial charge on any atom is -0.359 e. The number of H-pyrrole nitrogens is 1. The lowest BCUT2D eigenvalue weighted by Crippen LogP contribution is -2.31. The van der Waals surface area contributed by atoms with Crippen LogP contribution in [0.1, 0.15) is 19.3 Å². The number of aryl methyl sites for hydroxylation is 1. The zero-order chi connectivity index (χ0) is 12.8. The smallest absolute Gasteiger partial charge is 0.328 e. The molecule has 1 rings (SSSR count). The molecule has 0 fully saturated rings. The van der Waals surface area contributed by atoms with Crippen LogP contribution < -0.4 is 16.6 Å². The molecule has 0 bridgehead atoms. The van der Waals surface area contributed by atoms with Crippen LogP contribution in [0.2, 0.25) is 0 Å². The van der Waals surface area contributed by atoms with Crippen LogP contribution in [0.25, 0.3) is 0 Å². The van der Waals surface area contributed by atoms with E-state index in [-0.39, 0.29) is 12.5 Å². The standard InChI is InChI=1S/C10H14FN3O3/c1-12-8(15)4-2-3-5-14-6-7(11)9(16)13-10(14)17/h6H,2-5H2,1H3,(H,12,15)(H,13,16,17). The molecule has 0 unspecified atom stereocenters. The van der Waals surface area contributed by atoms with E-state index in [4.69, 9.17) is 0 Å². The molecule has 7 heteroatoms. The van der Waals surface area contributed by atoms with E-state index in [1.165, 1.54) is 0 Å². The molecule has 0 saturated carbocycles. The van der Waals surface area contributed by atoms with Crippen LogP contribution in [0, 0.1) is 5.82 Å². The van der Waals surface area contributed by atoms with Gasteiger partial charge in [0.2, 0.25) is 11.7 Å². The van der Waals surface area contributed by atoms with E-state index in [9.17, 15) is 18.8 Å². The van der Waals surface area contributed by atoms with E-state index in [0.717, 1.165) is 10.8 Å². The average Bonchev–Trinajstić information content (AvgIpc) is 2.30. The Balaban J connectivity index is 2.53. The quantitative estimate of drug-likeness (QED) is 0.690. The maximum Gasteiger partial charge on any atom is 0.328 e. The summed E-state index contributed by atoms with van der Waals surface area (Å²) in [5, 5.41) is 2.48. The van der Waals surface area contributed by atoms with Crippen LogP contribution in [0.15, 0.2) is 15.8 Å². The summed E-state index contributed by atoms with van der Waals surface area (Å²) in [5.74, 6) is -1.07. The van der Waals surface area contributed by atoms with Crippen molar-refractivity contribution in [3.8, 4) is 0 Å². The summed E-state index contributed by atoms with van der Waals surface area (Å²) in [7, 11) is 1.55. The minimum absolute atomic E-state index is 0.0787. The van der Waals surface area contributed by atoms with E-state index >= 15 is 0 Å². The van der Waals surface area contributed by atoms with Crippen molar-refractivity contribution in [3.05, 3.63) is 32.9 Å². The zero-order valence-corrected chi connectivity index (χ0v) is 9.46. The number of carbonyl (C=O) groups is 1. The number of aromatic nitrogens is 2. The lowest BCUT2D eigenvalue weighted by molar-refractivity contribution is -0.120. The number of nitrogens with zero attached hydrogens (tertiary/aromatic N) is 1. The van der Waals surface area contributed by atoms with E-state index in [1.54, 1.807) is 7.05 Å². The molecular formula is C10H14FN3O3. The van der Waals surface area contributed by atoms with E-state index < -0.39 is 17.1 Å². The summed E-state index contributed by atoms with van der Waals surface area (Å²) in [6.45, 7) is 0.267. The Labute approximate surface area is 96.5 Å². The number of nitrogens with one attached hydrogen (secondary N) is 2. The molecule has 17 heavy (non-hydrogen) atoms. The van der Waals surface area contributed by atoms with Gasteiger partial charge in [-0.15, -0.1) is 0 Å². The maximum atomic E-state index is 12.9. The topological polar surface area (TPSA) is 84.0 Å². The second-order valence-corrected chi connectivity index (χ2v) is 3.56. The van der Waals surface area contributed by atoms with Crippen molar-refractivity contribution in [1.29, 1.82) is 0 Å². The third-order valence-electron chi connectivity index (χ3n) is 2.30. The Morgan fingerprint density at radius 2 is 2.18 bits per heavy atom.